The molecule has 6 nitrogen and oxygen atoms in total. The molecule has 0 aliphatic carbocycles. The maximum absolute atomic E-state index is 13.1. The van der Waals surface area contributed by atoms with Gasteiger partial charge in [-0.25, -0.2) is 4.39 Å². The molecule has 0 spiro atoms. The molecule has 0 aliphatic rings. The summed E-state index contributed by atoms with van der Waals surface area (Å²) < 4.78 is 18.1. The first kappa shape index (κ1) is 13.3. The van der Waals surface area contributed by atoms with E-state index in [1.54, 1.807) is 7.05 Å². The molecule has 2 aromatic rings. The number of nitrogens with zero attached hydrogens (tertiary/aromatic N) is 3. The van der Waals surface area contributed by atoms with Gasteiger partial charge >= 0.3 is 0 Å². The van der Waals surface area contributed by atoms with Gasteiger partial charge in [-0.1, -0.05) is 0 Å². The van der Waals surface area contributed by atoms with Gasteiger partial charge < -0.3 is 15.4 Å². The number of methoxy groups -OCH3 is 1. The van der Waals surface area contributed by atoms with Crippen LogP contribution in [0, 0.1) is 5.82 Å². The summed E-state index contributed by atoms with van der Waals surface area (Å²) in [6, 6.07) is 4.07. The van der Waals surface area contributed by atoms with Gasteiger partial charge in [-0.3, -0.25) is 0 Å². The fourth-order valence-electron chi connectivity index (χ4n) is 1.41. The van der Waals surface area contributed by atoms with Crippen molar-refractivity contribution in [2.75, 3.05) is 24.8 Å². The molecule has 0 bridgehead atoms. The monoisotopic (exact) mass is 283 g/mol. The van der Waals surface area contributed by atoms with Gasteiger partial charge in [-0.2, -0.15) is 15.0 Å². The Balaban J connectivity index is 2.33. The first-order valence-electron chi connectivity index (χ1n) is 5.32. The molecule has 0 saturated heterocycles. The van der Waals surface area contributed by atoms with Crippen molar-refractivity contribution in [2.24, 2.45) is 0 Å². The molecule has 0 radical (unpaired) electrons. The van der Waals surface area contributed by atoms with Crippen LogP contribution in [0.4, 0.5) is 22.0 Å². The van der Waals surface area contributed by atoms with E-state index in [4.69, 9.17) is 16.3 Å². The molecule has 0 atom stereocenters. The standard InChI is InChI=1S/C11H11ClFN5O/c1-14-10-16-9(12)17-11(18-10)15-7-4-3-6(13)5-8(7)19-2/h3-5H,1-2H3,(H2,14,15,16,17,18). The number of anilines is 3. The number of aromatic nitrogens is 3. The van der Waals surface area contributed by atoms with Gasteiger partial charge in [0.15, 0.2) is 0 Å². The maximum Gasteiger partial charge on any atom is 0.233 e. The Bertz CT molecular complexity index is 595. The molecule has 0 unspecified atom stereocenters. The van der Waals surface area contributed by atoms with Crippen LogP contribution in [0.2, 0.25) is 5.28 Å². The van der Waals surface area contributed by atoms with Crippen LogP contribution < -0.4 is 15.4 Å². The minimum atomic E-state index is -0.396. The van der Waals surface area contributed by atoms with Gasteiger partial charge in [0, 0.05) is 13.1 Å². The lowest BCUT2D eigenvalue weighted by atomic mass is 10.3. The van der Waals surface area contributed by atoms with E-state index in [2.05, 4.69) is 25.6 Å². The first-order chi connectivity index (χ1) is 9.12. The quantitative estimate of drug-likeness (QED) is 0.898. The lowest BCUT2D eigenvalue weighted by Gasteiger charge is -2.10. The minimum Gasteiger partial charge on any atom is -0.494 e. The lowest BCUT2D eigenvalue weighted by Crippen LogP contribution is -2.04. The van der Waals surface area contributed by atoms with Crippen LogP contribution in [-0.2, 0) is 0 Å². The Morgan fingerprint density at radius 3 is 2.63 bits per heavy atom. The summed E-state index contributed by atoms with van der Waals surface area (Å²) in [6.45, 7) is 0. The summed E-state index contributed by atoms with van der Waals surface area (Å²) in [4.78, 5) is 11.8. The van der Waals surface area contributed by atoms with Crippen LogP contribution in [-0.4, -0.2) is 29.1 Å². The topological polar surface area (TPSA) is 72.0 Å². The average Bonchev–Trinajstić information content (AvgIpc) is 2.40. The lowest BCUT2D eigenvalue weighted by molar-refractivity contribution is 0.413. The molecule has 0 fully saturated rings. The van der Waals surface area contributed by atoms with Crippen molar-refractivity contribution in [2.45, 2.75) is 0 Å². The average molecular weight is 284 g/mol. The van der Waals surface area contributed by atoms with Gasteiger partial charge in [0.2, 0.25) is 17.2 Å². The van der Waals surface area contributed by atoms with Crippen LogP contribution in [0.25, 0.3) is 0 Å². The molecule has 1 aromatic heterocycles. The van der Waals surface area contributed by atoms with E-state index < -0.39 is 5.82 Å². The second kappa shape index (κ2) is 5.66. The molecule has 1 heterocycles. The molecular weight excluding hydrogens is 273 g/mol. The highest BCUT2D eigenvalue weighted by Crippen LogP contribution is 2.27. The molecule has 100 valence electrons. The zero-order valence-electron chi connectivity index (χ0n) is 10.2. The van der Waals surface area contributed by atoms with E-state index >= 15 is 0 Å². The van der Waals surface area contributed by atoms with E-state index in [0.29, 0.717) is 17.4 Å². The number of benzene rings is 1. The number of rotatable bonds is 4. The first-order valence-corrected chi connectivity index (χ1v) is 5.70. The van der Waals surface area contributed by atoms with Crippen LogP contribution in [0.1, 0.15) is 0 Å². The summed E-state index contributed by atoms with van der Waals surface area (Å²) >= 11 is 5.76. The minimum absolute atomic E-state index is 0.0444. The van der Waals surface area contributed by atoms with E-state index in [-0.39, 0.29) is 11.2 Å². The highest BCUT2D eigenvalue weighted by atomic mass is 35.5. The Labute approximate surface area is 114 Å². The molecule has 0 saturated carbocycles. The predicted octanol–water partition coefficient (Wildman–Crippen LogP) is 2.46. The largest absolute Gasteiger partial charge is 0.494 e. The fourth-order valence-corrected chi connectivity index (χ4v) is 1.57. The SMILES string of the molecule is CNc1nc(Cl)nc(Nc2ccc(F)cc2OC)n1. The second-order valence-corrected chi connectivity index (χ2v) is 3.81. The third-order valence-electron chi connectivity index (χ3n) is 2.24. The molecule has 8 heteroatoms. The summed E-state index contributed by atoms with van der Waals surface area (Å²) in [5.74, 6) is 0.493. The Morgan fingerprint density at radius 1 is 1.21 bits per heavy atom. The van der Waals surface area contributed by atoms with E-state index in [1.165, 1.54) is 25.3 Å². The molecule has 0 amide bonds. The van der Waals surface area contributed by atoms with Crippen molar-refractivity contribution in [3.8, 4) is 5.75 Å². The zero-order chi connectivity index (χ0) is 13.8. The van der Waals surface area contributed by atoms with Gasteiger partial charge in [0.1, 0.15) is 11.6 Å². The zero-order valence-corrected chi connectivity index (χ0v) is 11.0. The molecular formula is C11H11ClFN5O. The molecule has 19 heavy (non-hydrogen) atoms. The third kappa shape index (κ3) is 3.19. The van der Waals surface area contributed by atoms with Crippen molar-refractivity contribution < 1.29 is 9.13 Å². The van der Waals surface area contributed by atoms with E-state index in [0.717, 1.165) is 0 Å². The van der Waals surface area contributed by atoms with Crippen molar-refractivity contribution in [1.82, 2.24) is 15.0 Å². The Kier molecular flexibility index (Phi) is 3.96. The number of halogens is 2. The summed E-state index contributed by atoms with van der Waals surface area (Å²) in [5.41, 5.74) is 0.521. The van der Waals surface area contributed by atoms with Crippen molar-refractivity contribution >= 4 is 29.2 Å². The molecule has 2 N–H and O–H groups in total. The molecule has 2 rings (SSSR count). The fraction of sp³-hybridized carbons (Fsp3) is 0.182. The second-order valence-electron chi connectivity index (χ2n) is 3.47. The van der Waals surface area contributed by atoms with E-state index in [1.807, 2.05) is 0 Å². The van der Waals surface area contributed by atoms with Gasteiger partial charge in [0.25, 0.3) is 0 Å². The normalized spacial score (nSPS) is 10.1. The number of hydrogen-bond acceptors (Lipinski definition) is 6. The highest BCUT2D eigenvalue weighted by molar-refractivity contribution is 6.28. The predicted molar refractivity (Wildman–Crippen MR) is 70.6 cm³/mol. The van der Waals surface area contributed by atoms with Crippen molar-refractivity contribution in [3.63, 3.8) is 0 Å². The van der Waals surface area contributed by atoms with Gasteiger partial charge in [-0.15, -0.1) is 0 Å². The number of nitrogens with one attached hydrogen (secondary N) is 2. The van der Waals surface area contributed by atoms with Crippen molar-refractivity contribution in [1.29, 1.82) is 0 Å². The number of ether oxygens (including phenoxy) is 1. The van der Waals surface area contributed by atoms with Gasteiger partial charge in [0.05, 0.1) is 12.8 Å². The smallest absolute Gasteiger partial charge is 0.233 e. The van der Waals surface area contributed by atoms with E-state index in [9.17, 15) is 4.39 Å². The summed E-state index contributed by atoms with van der Waals surface area (Å²) in [5, 5.41) is 5.69. The Hall–Kier alpha value is -2.15. The highest BCUT2D eigenvalue weighted by Gasteiger charge is 2.08. The Morgan fingerprint density at radius 2 is 1.95 bits per heavy atom. The van der Waals surface area contributed by atoms with Crippen molar-refractivity contribution in [3.05, 3.63) is 29.3 Å². The van der Waals surface area contributed by atoms with Crippen LogP contribution in [0.3, 0.4) is 0 Å². The third-order valence-corrected chi connectivity index (χ3v) is 2.41. The van der Waals surface area contributed by atoms with Crippen LogP contribution in [0.5, 0.6) is 5.75 Å². The molecule has 1 aromatic carbocycles. The van der Waals surface area contributed by atoms with Crippen LogP contribution >= 0.6 is 11.6 Å². The van der Waals surface area contributed by atoms with Crippen LogP contribution in [0.15, 0.2) is 18.2 Å². The summed E-state index contributed by atoms with van der Waals surface area (Å²) in [7, 11) is 3.10. The molecule has 0 aliphatic heterocycles. The van der Waals surface area contributed by atoms with Gasteiger partial charge in [-0.05, 0) is 23.7 Å². The number of hydrogen-bond donors (Lipinski definition) is 2. The summed E-state index contributed by atoms with van der Waals surface area (Å²) in [6.07, 6.45) is 0. The maximum atomic E-state index is 13.1.